The van der Waals surface area contributed by atoms with Crippen LogP contribution in [0.5, 0.6) is 0 Å². The fraction of sp³-hybridized carbons (Fsp3) is 0.125. The van der Waals surface area contributed by atoms with Crippen LogP contribution in [0.2, 0.25) is 0 Å². The Morgan fingerprint density at radius 1 is 0.862 bits per heavy atom. The molecule has 1 aliphatic heterocycles. The van der Waals surface area contributed by atoms with E-state index in [0.29, 0.717) is 23.2 Å². The zero-order chi connectivity index (χ0) is 20.4. The van der Waals surface area contributed by atoms with Gasteiger partial charge in [-0.3, -0.25) is 19.3 Å². The van der Waals surface area contributed by atoms with Crippen LogP contribution >= 0.6 is 0 Å². The Hall–Kier alpha value is -3.73. The summed E-state index contributed by atoms with van der Waals surface area (Å²) >= 11 is 0. The molecule has 0 aliphatic carbocycles. The molecule has 5 heteroatoms. The third-order valence-electron chi connectivity index (χ3n) is 5.05. The van der Waals surface area contributed by atoms with E-state index in [0.717, 1.165) is 11.3 Å². The van der Waals surface area contributed by atoms with Crippen molar-refractivity contribution in [2.75, 3.05) is 10.2 Å². The zero-order valence-corrected chi connectivity index (χ0v) is 16.0. The number of hydrogen-bond acceptors (Lipinski definition) is 3. The van der Waals surface area contributed by atoms with E-state index in [1.807, 2.05) is 30.3 Å². The van der Waals surface area contributed by atoms with E-state index in [9.17, 15) is 14.4 Å². The molecule has 0 radical (unpaired) electrons. The van der Waals surface area contributed by atoms with Gasteiger partial charge in [-0.1, -0.05) is 48.5 Å². The maximum Gasteiger partial charge on any atom is 0.259 e. The SMILES string of the molecule is CC(=O)c1cccc(NC(=O)[C@@H]2Cc3ccccc3N2C(=O)c2ccccc2)c1. The lowest BCUT2D eigenvalue weighted by Crippen LogP contribution is -2.45. The summed E-state index contributed by atoms with van der Waals surface area (Å²) in [4.78, 5) is 39.5. The van der Waals surface area contributed by atoms with Crippen LogP contribution < -0.4 is 10.2 Å². The number of nitrogens with one attached hydrogen (secondary N) is 1. The highest BCUT2D eigenvalue weighted by Crippen LogP contribution is 2.34. The molecular weight excluding hydrogens is 364 g/mol. The van der Waals surface area contributed by atoms with E-state index in [1.165, 1.54) is 6.92 Å². The highest BCUT2D eigenvalue weighted by Gasteiger charge is 2.38. The molecule has 29 heavy (non-hydrogen) atoms. The van der Waals surface area contributed by atoms with E-state index in [-0.39, 0.29) is 17.6 Å². The number of nitrogens with zero attached hydrogens (tertiary/aromatic N) is 1. The molecule has 1 heterocycles. The first-order chi connectivity index (χ1) is 14.0. The van der Waals surface area contributed by atoms with Crippen LogP contribution in [-0.4, -0.2) is 23.6 Å². The first kappa shape index (κ1) is 18.6. The number of fused-ring (bicyclic) bond motifs is 1. The summed E-state index contributed by atoms with van der Waals surface area (Å²) in [5.41, 5.74) is 3.29. The van der Waals surface area contributed by atoms with Gasteiger partial charge in [0.2, 0.25) is 5.91 Å². The van der Waals surface area contributed by atoms with Crippen LogP contribution in [0.25, 0.3) is 0 Å². The number of ketones is 1. The number of carbonyl (C=O) groups is 3. The molecular formula is C24H20N2O3. The average Bonchev–Trinajstić information content (AvgIpc) is 3.14. The average molecular weight is 384 g/mol. The van der Waals surface area contributed by atoms with Gasteiger partial charge in [0, 0.05) is 28.9 Å². The van der Waals surface area contributed by atoms with Crippen molar-refractivity contribution in [2.45, 2.75) is 19.4 Å². The Balaban J connectivity index is 1.65. The summed E-state index contributed by atoms with van der Waals surface area (Å²) in [6.07, 6.45) is 0.437. The van der Waals surface area contributed by atoms with Gasteiger partial charge in [0.25, 0.3) is 5.91 Å². The zero-order valence-electron chi connectivity index (χ0n) is 16.0. The highest BCUT2D eigenvalue weighted by atomic mass is 16.2. The second-order valence-electron chi connectivity index (χ2n) is 7.02. The fourth-order valence-electron chi connectivity index (χ4n) is 3.61. The molecule has 3 aromatic carbocycles. The molecule has 0 saturated carbocycles. The minimum absolute atomic E-state index is 0.0738. The van der Waals surface area contributed by atoms with Crippen LogP contribution in [0.15, 0.2) is 78.9 Å². The van der Waals surface area contributed by atoms with E-state index >= 15 is 0 Å². The lowest BCUT2D eigenvalue weighted by Gasteiger charge is -2.25. The third-order valence-corrected chi connectivity index (χ3v) is 5.05. The smallest absolute Gasteiger partial charge is 0.259 e. The molecule has 3 aromatic rings. The fourth-order valence-corrected chi connectivity index (χ4v) is 3.61. The van der Waals surface area contributed by atoms with Crippen molar-refractivity contribution in [2.24, 2.45) is 0 Å². The molecule has 0 aromatic heterocycles. The van der Waals surface area contributed by atoms with Crippen molar-refractivity contribution < 1.29 is 14.4 Å². The predicted octanol–water partition coefficient (Wildman–Crippen LogP) is 4.10. The molecule has 144 valence electrons. The number of benzene rings is 3. The lowest BCUT2D eigenvalue weighted by molar-refractivity contribution is -0.117. The minimum Gasteiger partial charge on any atom is -0.324 e. The molecule has 0 bridgehead atoms. The Kier molecular flexibility index (Phi) is 4.96. The van der Waals surface area contributed by atoms with Crippen LogP contribution in [0.1, 0.15) is 33.2 Å². The standard InChI is InChI=1S/C24H20N2O3/c1-16(27)18-11-7-12-20(14-18)25-23(28)22-15-19-10-5-6-13-21(19)26(22)24(29)17-8-3-2-4-9-17/h2-14,22H,15H2,1H3,(H,25,28)/t22-/m0/s1. The molecule has 0 spiro atoms. The van der Waals surface area contributed by atoms with Crippen molar-refractivity contribution in [1.82, 2.24) is 0 Å². The summed E-state index contributed by atoms with van der Waals surface area (Å²) in [5.74, 6) is -0.574. The van der Waals surface area contributed by atoms with E-state index < -0.39 is 6.04 Å². The van der Waals surface area contributed by atoms with Crippen LogP contribution in [0, 0.1) is 0 Å². The molecule has 5 nitrogen and oxygen atoms in total. The van der Waals surface area contributed by atoms with Gasteiger partial charge in [-0.25, -0.2) is 0 Å². The Morgan fingerprint density at radius 2 is 1.55 bits per heavy atom. The minimum atomic E-state index is -0.666. The third kappa shape index (κ3) is 3.67. The number of anilines is 2. The molecule has 2 amide bonds. The second-order valence-corrected chi connectivity index (χ2v) is 7.02. The second kappa shape index (κ2) is 7.72. The van der Waals surface area contributed by atoms with Crippen LogP contribution in [-0.2, 0) is 11.2 Å². The summed E-state index contributed by atoms with van der Waals surface area (Å²) in [5, 5.41) is 2.87. The number of Topliss-reactive ketones (excluding diaryl/α,β-unsaturated/α-hetero) is 1. The van der Waals surface area contributed by atoms with Crippen LogP contribution in [0.3, 0.4) is 0 Å². The van der Waals surface area contributed by atoms with Gasteiger partial charge in [0.15, 0.2) is 5.78 Å². The predicted molar refractivity (Wildman–Crippen MR) is 112 cm³/mol. The van der Waals surface area contributed by atoms with Gasteiger partial charge in [0.1, 0.15) is 6.04 Å². The maximum atomic E-state index is 13.2. The van der Waals surface area contributed by atoms with Gasteiger partial charge in [-0.05, 0) is 42.8 Å². The van der Waals surface area contributed by atoms with Crippen molar-refractivity contribution >= 4 is 29.0 Å². The maximum absolute atomic E-state index is 13.2. The Bertz CT molecular complexity index is 1090. The number of para-hydroxylation sites is 1. The first-order valence-corrected chi connectivity index (χ1v) is 9.43. The number of carbonyl (C=O) groups excluding carboxylic acids is 3. The Morgan fingerprint density at radius 3 is 2.31 bits per heavy atom. The van der Waals surface area contributed by atoms with E-state index in [1.54, 1.807) is 53.4 Å². The first-order valence-electron chi connectivity index (χ1n) is 9.43. The number of rotatable bonds is 4. The molecule has 0 fully saturated rings. The van der Waals surface area contributed by atoms with Crippen molar-refractivity contribution in [3.63, 3.8) is 0 Å². The van der Waals surface area contributed by atoms with E-state index in [4.69, 9.17) is 0 Å². The largest absolute Gasteiger partial charge is 0.324 e. The molecule has 1 N–H and O–H groups in total. The number of hydrogen-bond donors (Lipinski definition) is 1. The summed E-state index contributed by atoms with van der Waals surface area (Å²) in [6.45, 7) is 1.48. The molecule has 1 aliphatic rings. The molecule has 4 rings (SSSR count). The molecule has 0 saturated heterocycles. The van der Waals surface area contributed by atoms with Crippen molar-refractivity contribution in [1.29, 1.82) is 0 Å². The van der Waals surface area contributed by atoms with Gasteiger partial charge in [-0.15, -0.1) is 0 Å². The Labute approximate surface area is 169 Å². The van der Waals surface area contributed by atoms with Crippen LogP contribution in [0.4, 0.5) is 11.4 Å². The number of amides is 2. The summed E-state index contributed by atoms with van der Waals surface area (Å²) in [7, 11) is 0. The summed E-state index contributed by atoms with van der Waals surface area (Å²) in [6, 6.07) is 22.6. The topological polar surface area (TPSA) is 66.5 Å². The van der Waals surface area contributed by atoms with Gasteiger partial charge >= 0.3 is 0 Å². The van der Waals surface area contributed by atoms with Gasteiger partial charge in [0.05, 0.1) is 0 Å². The van der Waals surface area contributed by atoms with Gasteiger partial charge in [-0.2, -0.15) is 0 Å². The van der Waals surface area contributed by atoms with Crippen molar-refractivity contribution in [3.8, 4) is 0 Å². The summed E-state index contributed by atoms with van der Waals surface area (Å²) < 4.78 is 0. The highest BCUT2D eigenvalue weighted by molar-refractivity contribution is 6.13. The van der Waals surface area contributed by atoms with Gasteiger partial charge < -0.3 is 5.32 Å². The van der Waals surface area contributed by atoms with Crippen molar-refractivity contribution in [3.05, 3.63) is 95.6 Å². The molecule has 0 unspecified atom stereocenters. The quantitative estimate of drug-likeness (QED) is 0.689. The monoisotopic (exact) mass is 384 g/mol. The normalized spacial score (nSPS) is 14.9. The lowest BCUT2D eigenvalue weighted by atomic mass is 10.1. The molecule has 1 atom stereocenters. The van der Waals surface area contributed by atoms with E-state index in [2.05, 4.69) is 5.32 Å².